The summed E-state index contributed by atoms with van der Waals surface area (Å²) < 4.78 is 6.16. The van der Waals surface area contributed by atoms with Gasteiger partial charge in [-0.2, -0.15) is 5.26 Å². The molecular weight excluding hydrogens is 566 g/mol. The van der Waals surface area contributed by atoms with Crippen molar-refractivity contribution in [2.45, 2.75) is 13.1 Å². The van der Waals surface area contributed by atoms with E-state index in [1.165, 1.54) is 0 Å². The summed E-state index contributed by atoms with van der Waals surface area (Å²) in [6.07, 6.45) is 0. The fraction of sp³-hybridized carbons (Fsp3) is 0.0500. The van der Waals surface area contributed by atoms with E-state index in [9.17, 15) is 5.26 Å². The van der Waals surface area contributed by atoms with Crippen molar-refractivity contribution in [1.29, 1.82) is 10.7 Å². The number of hydrogen-bond acceptors (Lipinski definition) is 5. The van der Waals surface area contributed by atoms with Crippen molar-refractivity contribution in [3.05, 3.63) is 168 Å². The van der Waals surface area contributed by atoms with Gasteiger partial charge in [0.05, 0.1) is 18.2 Å². The number of anilines is 2. The van der Waals surface area contributed by atoms with E-state index in [1.807, 2.05) is 65.7 Å². The third kappa shape index (κ3) is 6.09. The van der Waals surface area contributed by atoms with E-state index in [0.717, 1.165) is 61.1 Å². The smallest absolute Gasteiger partial charge is 0.142 e. The molecule has 1 heterocycles. The molecule has 0 spiro atoms. The van der Waals surface area contributed by atoms with Crippen molar-refractivity contribution < 1.29 is 4.42 Å². The zero-order valence-electron chi connectivity index (χ0n) is 25.1. The first-order valence-corrected chi connectivity index (χ1v) is 15.2. The summed E-state index contributed by atoms with van der Waals surface area (Å²) in [5.74, 6) is 0.331. The number of amidine groups is 1. The molecule has 1 aromatic heterocycles. The molecule has 0 bridgehead atoms. The number of para-hydroxylation sites is 2. The van der Waals surface area contributed by atoms with Crippen LogP contribution in [0.15, 0.2) is 150 Å². The van der Waals surface area contributed by atoms with E-state index in [2.05, 4.69) is 89.6 Å². The standard InChI is InChI=1S/C40H31N5O/c41-25-28-14-18-31(19-15-28)40(42)45(43-26-29-8-2-1-3-9-29)27-30-16-21-33(22-17-30)44-37-12-6-4-10-34(37)32-20-23-36-35-11-5-7-13-38(35)46-39(36)24-32/h1-24,42-44H,26-27H2. The van der Waals surface area contributed by atoms with Crippen LogP contribution < -0.4 is 10.7 Å². The van der Waals surface area contributed by atoms with E-state index in [0.29, 0.717) is 24.5 Å². The Kier molecular flexibility index (Phi) is 7.98. The number of hydrazine groups is 1. The summed E-state index contributed by atoms with van der Waals surface area (Å²) >= 11 is 0. The minimum absolute atomic E-state index is 0.331. The summed E-state index contributed by atoms with van der Waals surface area (Å²) in [5.41, 5.74) is 12.8. The Balaban J connectivity index is 1.10. The van der Waals surface area contributed by atoms with E-state index < -0.39 is 0 Å². The van der Waals surface area contributed by atoms with Gasteiger partial charge in [0, 0.05) is 39.8 Å². The van der Waals surface area contributed by atoms with Crippen LogP contribution in [0.2, 0.25) is 0 Å². The van der Waals surface area contributed by atoms with Crippen LogP contribution >= 0.6 is 0 Å². The molecule has 0 fully saturated rings. The molecule has 0 saturated carbocycles. The highest BCUT2D eigenvalue weighted by Gasteiger charge is 2.14. The lowest BCUT2D eigenvalue weighted by atomic mass is 10.0. The maximum absolute atomic E-state index is 9.20. The van der Waals surface area contributed by atoms with Crippen molar-refractivity contribution in [1.82, 2.24) is 10.4 Å². The number of nitriles is 1. The van der Waals surface area contributed by atoms with Crippen LogP contribution in [0.25, 0.3) is 33.1 Å². The third-order valence-electron chi connectivity index (χ3n) is 8.06. The van der Waals surface area contributed by atoms with Gasteiger partial charge in [0.2, 0.25) is 0 Å². The lowest BCUT2D eigenvalue weighted by molar-refractivity contribution is 0.294. The van der Waals surface area contributed by atoms with Gasteiger partial charge >= 0.3 is 0 Å². The molecule has 3 N–H and O–H groups in total. The first-order valence-electron chi connectivity index (χ1n) is 15.2. The molecule has 222 valence electrons. The summed E-state index contributed by atoms with van der Waals surface area (Å²) in [4.78, 5) is 0. The van der Waals surface area contributed by atoms with Gasteiger partial charge in [-0.15, -0.1) is 0 Å². The van der Waals surface area contributed by atoms with Crippen molar-refractivity contribution in [3.8, 4) is 17.2 Å². The minimum Gasteiger partial charge on any atom is -0.456 e. The second kappa shape index (κ2) is 12.8. The van der Waals surface area contributed by atoms with Gasteiger partial charge in [0.15, 0.2) is 0 Å². The molecule has 6 heteroatoms. The Labute approximate surface area is 267 Å². The topological polar surface area (TPSA) is 88.1 Å². The quantitative estimate of drug-likeness (QED) is 0.0877. The van der Waals surface area contributed by atoms with Crippen molar-refractivity contribution in [3.63, 3.8) is 0 Å². The number of nitrogens with one attached hydrogen (secondary N) is 3. The molecule has 7 rings (SSSR count). The first-order chi connectivity index (χ1) is 22.6. The molecule has 7 aromatic rings. The van der Waals surface area contributed by atoms with E-state index in [-0.39, 0.29) is 0 Å². The predicted octanol–water partition coefficient (Wildman–Crippen LogP) is 9.40. The molecule has 6 nitrogen and oxygen atoms in total. The van der Waals surface area contributed by atoms with Gasteiger partial charge in [0.1, 0.15) is 17.0 Å². The zero-order valence-corrected chi connectivity index (χ0v) is 25.1. The lowest BCUT2D eigenvalue weighted by Crippen LogP contribution is -2.41. The van der Waals surface area contributed by atoms with Gasteiger partial charge in [-0.05, 0) is 77.4 Å². The molecule has 0 radical (unpaired) electrons. The van der Waals surface area contributed by atoms with Crippen LogP contribution in [-0.2, 0) is 13.1 Å². The van der Waals surface area contributed by atoms with Crippen LogP contribution in [0.1, 0.15) is 22.3 Å². The molecule has 6 aromatic carbocycles. The molecule has 46 heavy (non-hydrogen) atoms. The van der Waals surface area contributed by atoms with E-state index in [1.54, 1.807) is 12.1 Å². The maximum Gasteiger partial charge on any atom is 0.142 e. The Morgan fingerprint density at radius 3 is 2.22 bits per heavy atom. The average molecular weight is 598 g/mol. The Morgan fingerprint density at radius 1 is 0.696 bits per heavy atom. The summed E-state index contributed by atoms with van der Waals surface area (Å²) in [6, 6.07) is 50.5. The van der Waals surface area contributed by atoms with E-state index in [4.69, 9.17) is 9.83 Å². The largest absolute Gasteiger partial charge is 0.456 e. The average Bonchev–Trinajstić information content (AvgIpc) is 3.49. The van der Waals surface area contributed by atoms with Crippen LogP contribution in [0.4, 0.5) is 11.4 Å². The number of fused-ring (bicyclic) bond motifs is 3. The second-order valence-corrected chi connectivity index (χ2v) is 11.1. The van der Waals surface area contributed by atoms with Crippen LogP contribution in [0.3, 0.4) is 0 Å². The highest BCUT2D eigenvalue weighted by Crippen LogP contribution is 2.35. The fourth-order valence-electron chi connectivity index (χ4n) is 5.62. The molecule has 0 amide bonds. The Bertz CT molecular complexity index is 2180. The third-order valence-corrected chi connectivity index (χ3v) is 8.06. The number of nitrogens with zero attached hydrogens (tertiary/aromatic N) is 2. The zero-order chi connectivity index (χ0) is 31.3. The number of furan rings is 1. The normalized spacial score (nSPS) is 10.9. The molecule has 0 aliphatic heterocycles. The Hall–Kier alpha value is -6.16. The molecular formula is C40H31N5O. The fourth-order valence-corrected chi connectivity index (χ4v) is 5.62. The molecule has 0 unspecified atom stereocenters. The summed E-state index contributed by atoms with van der Waals surface area (Å²) in [6.45, 7) is 1.07. The summed E-state index contributed by atoms with van der Waals surface area (Å²) in [5, 5.41) is 25.9. The molecule has 0 atom stereocenters. The van der Waals surface area contributed by atoms with E-state index >= 15 is 0 Å². The van der Waals surface area contributed by atoms with Crippen LogP contribution in [-0.4, -0.2) is 10.8 Å². The highest BCUT2D eigenvalue weighted by molar-refractivity contribution is 6.06. The number of benzene rings is 6. The van der Waals surface area contributed by atoms with Gasteiger partial charge in [0.25, 0.3) is 0 Å². The summed E-state index contributed by atoms with van der Waals surface area (Å²) in [7, 11) is 0. The van der Waals surface area contributed by atoms with Gasteiger partial charge < -0.3 is 9.73 Å². The van der Waals surface area contributed by atoms with Crippen LogP contribution in [0.5, 0.6) is 0 Å². The molecule has 0 saturated heterocycles. The number of rotatable bonds is 9. The minimum atomic E-state index is 0.331. The van der Waals surface area contributed by atoms with Crippen molar-refractivity contribution >= 4 is 39.1 Å². The van der Waals surface area contributed by atoms with Gasteiger partial charge in [-0.25, -0.2) is 5.43 Å². The van der Waals surface area contributed by atoms with Crippen LogP contribution in [0, 0.1) is 16.7 Å². The predicted molar refractivity (Wildman–Crippen MR) is 186 cm³/mol. The first kappa shape index (κ1) is 28.6. The van der Waals surface area contributed by atoms with Gasteiger partial charge in [-0.1, -0.05) is 84.9 Å². The second-order valence-electron chi connectivity index (χ2n) is 11.1. The Morgan fingerprint density at radius 2 is 1.41 bits per heavy atom. The van der Waals surface area contributed by atoms with Crippen molar-refractivity contribution in [2.24, 2.45) is 0 Å². The highest BCUT2D eigenvalue weighted by atomic mass is 16.3. The SMILES string of the molecule is N#Cc1ccc(C(=N)N(Cc2ccc(Nc3ccccc3-c3ccc4c(c3)oc3ccccc34)cc2)NCc2ccccc2)cc1. The maximum atomic E-state index is 9.20. The molecule has 0 aliphatic carbocycles. The monoisotopic (exact) mass is 597 g/mol. The van der Waals surface area contributed by atoms with Crippen molar-refractivity contribution in [2.75, 3.05) is 5.32 Å². The molecule has 0 aliphatic rings. The lowest BCUT2D eigenvalue weighted by Gasteiger charge is -2.26. The number of hydrogen-bond donors (Lipinski definition) is 3. The van der Waals surface area contributed by atoms with Gasteiger partial charge in [-0.3, -0.25) is 10.4 Å².